The van der Waals surface area contributed by atoms with Crippen LogP contribution in [-0.2, 0) is 0 Å². The van der Waals surface area contributed by atoms with Crippen molar-refractivity contribution in [3.63, 3.8) is 0 Å². The molecule has 0 fully saturated rings. The maximum absolute atomic E-state index is 12.2. The first-order valence-corrected chi connectivity index (χ1v) is 8.47. The third kappa shape index (κ3) is 4.72. The van der Waals surface area contributed by atoms with E-state index in [0.717, 1.165) is 5.69 Å². The van der Waals surface area contributed by atoms with Gasteiger partial charge in [0.2, 0.25) is 5.88 Å². The molecule has 0 aliphatic heterocycles. The Labute approximate surface area is 156 Å². The Morgan fingerprint density at radius 2 is 1.89 bits per heavy atom. The lowest BCUT2D eigenvalue weighted by Gasteiger charge is -2.11. The molecular weight excluding hydrogens is 344 g/mol. The molecule has 1 heterocycles. The Morgan fingerprint density at radius 1 is 1.15 bits per heavy atom. The van der Waals surface area contributed by atoms with Crippen LogP contribution in [0.15, 0.2) is 71.9 Å². The molecule has 1 N–H and O–H groups in total. The van der Waals surface area contributed by atoms with Crippen LogP contribution in [0.5, 0.6) is 11.6 Å². The van der Waals surface area contributed by atoms with Gasteiger partial charge in [-0.2, -0.15) is 10.1 Å². The summed E-state index contributed by atoms with van der Waals surface area (Å²) in [4.78, 5) is 16.2. The van der Waals surface area contributed by atoms with Gasteiger partial charge >= 0.3 is 6.03 Å². The van der Waals surface area contributed by atoms with Crippen molar-refractivity contribution in [2.75, 3.05) is 19.0 Å². The van der Waals surface area contributed by atoms with Gasteiger partial charge in [0.15, 0.2) is 0 Å². The van der Waals surface area contributed by atoms with Gasteiger partial charge in [-0.3, -0.25) is 0 Å². The Kier molecular flexibility index (Phi) is 5.84. The SMILES string of the molecule is CCOc1cc(=NC(=O)Nc2ccc(OC)cc2)cnn1-c1ccccc1. The van der Waals surface area contributed by atoms with Crippen LogP contribution in [0.4, 0.5) is 10.5 Å². The summed E-state index contributed by atoms with van der Waals surface area (Å²) in [5, 5.41) is 7.45. The maximum atomic E-state index is 12.2. The summed E-state index contributed by atoms with van der Waals surface area (Å²) in [5.74, 6) is 1.21. The molecule has 0 unspecified atom stereocenters. The average molecular weight is 364 g/mol. The van der Waals surface area contributed by atoms with Crippen LogP contribution in [0.3, 0.4) is 0 Å². The predicted molar refractivity (Wildman–Crippen MR) is 102 cm³/mol. The first-order chi connectivity index (χ1) is 13.2. The second-order valence-corrected chi connectivity index (χ2v) is 5.50. The number of carbonyl (C=O) groups excluding carboxylic acids is 1. The third-order valence-corrected chi connectivity index (χ3v) is 3.65. The number of nitrogens with one attached hydrogen (secondary N) is 1. The van der Waals surface area contributed by atoms with Gasteiger partial charge in [0.1, 0.15) is 5.75 Å². The number of methoxy groups -OCH3 is 1. The highest BCUT2D eigenvalue weighted by Crippen LogP contribution is 2.15. The van der Waals surface area contributed by atoms with Crippen LogP contribution in [-0.4, -0.2) is 29.5 Å². The lowest BCUT2D eigenvalue weighted by Crippen LogP contribution is -2.17. The number of aromatic nitrogens is 2. The van der Waals surface area contributed by atoms with Crippen molar-refractivity contribution in [3.05, 3.63) is 72.2 Å². The normalized spacial score (nSPS) is 11.1. The van der Waals surface area contributed by atoms with E-state index >= 15 is 0 Å². The molecule has 1 aromatic heterocycles. The molecular formula is C20H20N4O3. The molecule has 7 nitrogen and oxygen atoms in total. The van der Waals surface area contributed by atoms with Gasteiger partial charge in [-0.1, -0.05) is 18.2 Å². The minimum atomic E-state index is -0.498. The summed E-state index contributed by atoms with van der Waals surface area (Å²) >= 11 is 0. The van der Waals surface area contributed by atoms with Gasteiger partial charge in [-0.25, -0.2) is 9.48 Å². The summed E-state index contributed by atoms with van der Waals surface area (Å²) in [7, 11) is 1.59. The zero-order valence-electron chi connectivity index (χ0n) is 15.1. The second kappa shape index (κ2) is 8.66. The van der Waals surface area contributed by atoms with Crippen molar-refractivity contribution in [2.24, 2.45) is 4.99 Å². The molecule has 0 atom stereocenters. The zero-order chi connectivity index (χ0) is 19.1. The van der Waals surface area contributed by atoms with E-state index in [2.05, 4.69) is 15.4 Å². The second-order valence-electron chi connectivity index (χ2n) is 5.50. The fraction of sp³-hybridized carbons (Fsp3) is 0.150. The highest BCUT2D eigenvalue weighted by Gasteiger charge is 2.06. The summed E-state index contributed by atoms with van der Waals surface area (Å²) in [6.07, 6.45) is 1.52. The minimum absolute atomic E-state index is 0.400. The molecule has 2 aromatic carbocycles. The molecule has 0 bridgehead atoms. The largest absolute Gasteiger partial charge is 0.497 e. The molecule has 0 spiro atoms. The van der Waals surface area contributed by atoms with Crippen molar-refractivity contribution in [1.29, 1.82) is 0 Å². The molecule has 3 aromatic rings. The first-order valence-electron chi connectivity index (χ1n) is 8.47. The summed E-state index contributed by atoms with van der Waals surface area (Å²) in [6.45, 7) is 2.35. The number of carbonyl (C=O) groups is 1. The van der Waals surface area contributed by atoms with E-state index in [4.69, 9.17) is 9.47 Å². The lowest BCUT2D eigenvalue weighted by molar-refractivity contribution is 0.259. The van der Waals surface area contributed by atoms with Gasteiger partial charge in [-0.05, 0) is 43.3 Å². The summed E-state index contributed by atoms with van der Waals surface area (Å²) in [6, 6.07) is 17.8. The number of para-hydroxylation sites is 1. The fourth-order valence-corrected chi connectivity index (χ4v) is 2.42. The van der Waals surface area contributed by atoms with Crippen molar-refractivity contribution in [2.45, 2.75) is 6.92 Å². The zero-order valence-corrected chi connectivity index (χ0v) is 15.1. The van der Waals surface area contributed by atoms with Crippen LogP contribution in [0.25, 0.3) is 5.69 Å². The Balaban J connectivity index is 1.84. The number of nitrogens with zero attached hydrogens (tertiary/aromatic N) is 3. The average Bonchev–Trinajstić information content (AvgIpc) is 2.70. The molecule has 0 radical (unpaired) electrons. The minimum Gasteiger partial charge on any atom is -0.497 e. The van der Waals surface area contributed by atoms with Gasteiger partial charge in [0.25, 0.3) is 0 Å². The number of ether oxygens (including phenoxy) is 2. The standard InChI is InChI=1S/C20H20N4O3/c1-3-27-19-13-16(14-21-24(19)17-7-5-4-6-8-17)23-20(25)22-15-9-11-18(26-2)12-10-15/h4-14H,3H2,1-2H3,(H,22,25). The molecule has 0 saturated carbocycles. The molecule has 0 aliphatic carbocycles. The van der Waals surface area contributed by atoms with Gasteiger partial charge < -0.3 is 14.8 Å². The highest BCUT2D eigenvalue weighted by molar-refractivity contribution is 5.90. The van der Waals surface area contributed by atoms with Crippen molar-refractivity contribution in [3.8, 4) is 17.3 Å². The monoisotopic (exact) mass is 364 g/mol. The Bertz CT molecular complexity index is 967. The number of rotatable bonds is 5. The quantitative estimate of drug-likeness (QED) is 0.752. The van der Waals surface area contributed by atoms with E-state index in [-0.39, 0.29) is 0 Å². The summed E-state index contributed by atoms with van der Waals surface area (Å²) in [5.41, 5.74) is 1.48. The molecule has 0 aliphatic rings. The molecule has 138 valence electrons. The topological polar surface area (TPSA) is 77.7 Å². The number of benzene rings is 2. The molecule has 27 heavy (non-hydrogen) atoms. The van der Waals surface area contributed by atoms with E-state index in [0.29, 0.717) is 29.3 Å². The van der Waals surface area contributed by atoms with E-state index < -0.39 is 6.03 Å². The van der Waals surface area contributed by atoms with Crippen molar-refractivity contribution >= 4 is 11.7 Å². The Morgan fingerprint density at radius 3 is 2.56 bits per heavy atom. The first kappa shape index (κ1) is 18.2. The van der Waals surface area contributed by atoms with Crippen LogP contribution in [0, 0.1) is 0 Å². The number of urea groups is 1. The van der Waals surface area contributed by atoms with Gasteiger partial charge in [-0.15, -0.1) is 0 Å². The number of hydrogen-bond donors (Lipinski definition) is 1. The molecule has 0 saturated heterocycles. The van der Waals surface area contributed by atoms with Crippen LogP contribution >= 0.6 is 0 Å². The smallest absolute Gasteiger partial charge is 0.345 e. The fourth-order valence-electron chi connectivity index (χ4n) is 2.42. The predicted octanol–water partition coefficient (Wildman–Crippen LogP) is 3.41. The van der Waals surface area contributed by atoms with E-state index in [1.807, 2.05) is 37.3 Å². The number of hydrogen-bond acceptors (Lipinski definition) is 4. The summed E-state index contributed by atoms with van der Waals surface area (Å²) < 4.78 is 12.4. The number of amides is 2. The molecule has 2 amide bonds. The molecule has 7 heteroatoms. The van der Waals surface area contributed by atoms with Crippen LogP contribution in [0.1, 0.15) is 6.92 Å². The van der Waals surface area contributed by atoms with Gasteiger partial charge in [0.05, 0.1) is 31.0 Å². The van der Waals surface area contributed by atoms with Crippen molar-refractivity contribution < 1.29 is 14.3 Å². The lowest BCUT2D eigenvalue weighted by atomic mass is 10.3. The number of anilines is 1. The van der Waals surface area contributed by atoms with Crippen LogP contribution < -0.4 is 20.1 Å². The van der Waals surface area contributed by atoms with E-state index in [1.165, 1.54) is 6.20 Å². The Hall–Kier alpha value is -3.61. The highest BCUT2D eigenvalue weighted by atomic mass is 16.5. The third-order valence-electron chi connectivity index (χ3n) is 3.65. The van der Waals surface area contributed by atoms with E-state index in [9.17, 15) is 4.79 Å². The molecule has 3 rings (SSSR count). The van der Waals surface area contributed by atoms with Gasteiger partial charge in [0, 0.05) is 11.8 Å². The van der Waals surface area contributed by atoms with Crippen molar-refractivity contribution in [1.82, 2.24) is 9.78 Å². The van der Waals surface area contributed by atoms with Crippen LogP contribution in [0.2, 0.25) is 0 Å². The van der Waals surface area contributed by atoms with E-state index in [1.54, 1.807) is 42.1 Å². The maximum Gasteiger partial charge on any atom is 0.345 e.